The van der Waals surface area contributed by atoms with Gasteiger partial charge in [0.15, 0.2) is 0 Å². The largest absolute Gasteiger partial charge is 0.383 e. The average Bonchev–Trinajstić information content (AvgIpc) is 2.29. The van der Waals surface area contributed by atoms with Crippen LogP contribution in [0.2, 0.25) is 0 Å². The Kier molecular flexibility index (Phi) is 3.96. The van der Waals surface area contributed by atoms with Crippen molar-refractivity contribution >= 4 is 44.3 Å². The zero-order valence-corrected chi connectivity index (χ0v) is 10.9. The number of rotatable bonds is 4. The van der Waals surface area contributed by atoms with Gasteiger partial charge in [0.2, 0.25) is 0 Å². The van der Waals surface area contributed by atoms with Gasteiger partial charge in [0.05, 0.1) is 11.2 Å². The first-order chi connectivity index (χ1) is 7.81. The van der Waals surface area contributed by atoms with Gasteiger partial charge < -0.3 is 5.32 Å². The summed E-state index contributed by atoms with van der Waals surface area (Å²) in [5, 5.41) is 3.31. The molecule has 2 aromatic rings. The highest BCUT2D eigenvalue weighted by atomic mass is 79.9. The Bertz CT molecular complexity index is 490. The van der Waals surface area contributed by atoms with Crippen molar-refractivity contribution in [1.82, 2.24) is 9.97 Å². The maximum Gasteiger partial charge on any atom is 0.112 e. The number of nitrogens with one attached hydrogen (secondary N) is 1. The molecule has 2 rings (SSSR count). The van der Waals surface area contributed by atoms with E-state index in [0.717, 1.165) is 34.2 Å². The summed E-state index contributed by atoms with van der Waals surface area (Å²) in [6, 6.07) is 3.88. The lowest BCUT2D eigenvalue weighted by Crippen LogP contribution is -2.03. The summed E-state index contributed by atoms with van der Waals surface area (Å²) in [5.41, 5.74) is 2.77. The Morgan fingerprint density at radius 3 is 3.06 bits per heavy atom. The van der Waals surface area contributed by atoms with Gasteiger partial charge in [-0.15, -0.1) is 11.6 Å². The van der Waals surface area contributed by atoms with E-state index >= 15 is 0 Å². The molecule has 2 heterocycles. The van der Waals surface area contributed by atoms with Crippen LogP contribution in [0.15, 0.2) is 29.0 Å². The van der Waals surface area contributed by atoms with Gasteiger partial charge in [-0.2, -0.15) is 0 Å². The van der Waals surface area contributed by atoms with Crippen LogP contribution in [0.5, 0.6) is 0 Å². The standard InChI is InChI=1S/C11H11BrClN3/c12-8-6-10-11(16-7-8)9(2-5-15-10)14-4-1-3-13/h2,5-7H,1,3-4H2,(H,14,15). The van der Waals surface area contributed by atoms with Crippen LogP contribution in [0, 0.1) is 0 Å². The van der Waals surface area contributed by atoms with E-state index in [-0.39, 0.29) is 0 Å². The summed E-state index contributed by atoms with van der Waals surface area (Å²) in [7, 11) is 0. The number of aromatic nitrogens is 2. The second-order valence-electron chi connectivity index (χ2n) is 3.35. The van der Waals surface area contributed by atoms with Crippen molar-refractivity contribution in [3.8, 4) is 0 Å². The van der Waals surface area contributed by atoms with Gasteiger partial charge in [-0.3, -0.25) is 9.97 Å². The lowest BCUT2D eigenvalue weighted by Gasteiger charge is -2.07. The van der Waals surface area contributed by atoms with Crippen molar-refractivity contribution < 1.29 is 0 Å². The minimum absolute atomic E-state index is 0.662. The molecule has 0 bridgehead atoms. The molecule has 5 heteroatoms. The molecule has 2 aromatic heterocycles. The van der Waals surface area contributed by atoms with Crippen molar-refractivity contribution in [3.05, 3.63) is 29.0 Å². The van der Waals surface area contributed by atoms with Gasteiger partial charge in [-0.25, -0.2) is 0 Å². The molecule has 16 heavy (non-hydrogen) atoms. The smallest absolute Gasteiger partial charge is 0.112 e. The molecule has 0 radical (unpaired) electrons. The van der Waals surface area contributed by atoms with Crippen LogP contribution in [0.4, 0.5) is 5.69 Å². The predicted octanol–water partition coefficient (Wildman–Crippen LogP) is 3.43. The topological polar surface area (TPSA) is 37.8 Å². The lowest BCUT2D eigenvalue weighted by molar-refractivity contribution is 0.987. The Morgan fingerprint density at radius 1 is 1.38 bits per heavy atom. The molecule has 0 unspecified atom stereocenters. The Labute approximate surface area is 107 Å². The van der Waals surface area contributed by atoms with E-state index in [2.05, 4.69) is 31.2 Å². The first-order valence-electron chi connectivity index (χ1n) is 5.01. The summed E-state index contributed by atoms with van der Waals surface area (Å²) in [4.78, 5) is 8.63. The third-order valence-corrected chi connectivity index (χ3v) is 2.87. The molecule has 0 aliphatic heterocycles. The van der Waals surface area contributed by atoms with E-state index in [1.807, 2.05) is 12.1 Å². The average molecular weight is 301 g/mol. The molecule has 0 spiro atoms. The van der Waals surface area contributed by atoms with Gasteiger partial charge >= 0.3 is 0 Å². The second kappa shape index (κ2) is 5.46. The molecule has 0 atom stereocenters. The van der Waals surface area contributed by atoms with Crippen molar-refractivity contribution in [2.24, 2.45) is 0 Å². The summed E-state index contributed by atoms with van der Waals surface area (Å²) in [5.74, 6) is 0.662. The molecule has 0 aliphatic carbocycles. The third-order valence-electron chi connectivity index (χ3n) is 2.17. The van der Waals surface area contributed by atoms with Crippen molar-refractivity contribution in [1.29, 1.82) is 0 Å². The summed E-state index contributed by atoms with van der Waals surface area (Å²) in [6.07, 6.45) is 4.48. The lowest BCUT2D eigenvalue weighted by atomic mass is 10.3. The fourth-order valence-corrected chi connectivity index (χ4v) is 1.89. The van der Waals surface area contributed by atoms with Crippen LogP contribution in [-0.2, 0) is 0 Å². The van der Waals surface area contributed by atoms with Crippen LogP contribution in [0.1, 0.15) is 6.42 Å². The van der Waals surface area contributed by atoms with Crippen LogP contribution < -0.4 is 5.32 Å². The molecule has 0 fully saturated rings. The highest BCUT2D eigenvalue weighted by Crippen LogP contribution is 2.21. The molecule has 0 saturated carbocycles. The second-order valence-corrected chi connectivity index (χ2v) is 4.64. The molecule has 0 aliphatic rings. The molecule has 0 saturated heterocycles. The number of alkyl halides is 1. The van der Waals surface area contributed by atoms with Crippen molar-refractivity contribution in [2.75, 3.05) is 17.7 Å². The van der Waals surface area contributed by atoms with E-state index < -0.39 is 0 Å². The first-order valence-corrected chi connectivity index (χ1v) is 6.34. The van der Waals surface area contributed by atoms with Crippen LogP contribution in [0.3, 0.4) is 0 Å². The number of hydrogen-bond acceptors (Lipinski definition) is 3. The zero-order chi connectivity index (χ0) is 11.4. The maximum atomic E-state index is 5.63. The number of anilines is 1. The van der Waals surface area contributed by atoms with E-state index in [0.29, 0.717) is 5.88 Å². The monoisotopic (exact) mass is 299 g/mol. The minimum atomic E-state index is 0.662. The normalized spacial score (nSPS) is 10.6. The summed E-state index contributed by atoms with van der Waals surface area (Å²) >= 11 is 9.01. The summed E-state index contributed by atoms with van der Waals surface area (Å²) < 4.78 is 0.936. The third kappa shape index (κ3) is 2.62. The van der Waals surface area contributed by atoms with Crippen LogP contribution in [-0.4, -0.2) is 22.4 Å². The van der Waals surface area contributed by atoms with Gasteiger partial charge in [0.25, 0.3) is 0 Å². The fraction of sp³-hybridized carbons (Fsp3) is 0.273. The van der Waals surface area contributed by atoms with Gasteiger partial charge in [-0.05, 0) is 34.5 Å². The van der Waals surface area contributed by atoms with E-state index in [9.17, 15) is 0 Å². The first kappa shape index (κ1) is 11.6. The SMILES string of the molecule is ClCCCNc1ccnc2cc(Br)cnc12. The molecular formula is C11H11BrClN3. The van der Waals surface area contributed by atoms with Gasteiger partial charge in [0.1, 0.15) is 5.52 Å². The summed E-state index contributed by atoms with van der Waals surface area (Å²) in [6.45, 7) is 0.848. The molecule has 0 amide bonds. The van der Waals surface area contributed by atoms with Crippen LogP contribution in [0.25, 0.3) is 11.0 Å². The van der Waals surface area contributed by atoms with E-state index in [1.165, 1.54) is 0 Å². The number of nitrogens with zero attached hydrogens (tertiary/aromatic N) is 2. The van der Waals surface area contributed by atoms with E-state index in [1.54, 1.807) is 12.4 Å². The Morgan fingerprint density at radius 2 is 2.25 bits per heavy atom. The van der Waals surface area contributed by atoms with Gasteiger partial charge in [0, 0.05) is 29.3 Å². The highest BCUT2D eigenvalue weighted by Gasteiger charge is 2.02. The highest BCUT2D eigenvalue weighted by molar-refractivity contribution is 9.10. The molecule has 3 nitrogen and oxygen atoms in total. The van der Waals surface area contributed by atoms with E-state index in [4.69, 9.17) is 11.6 Å². The quantitative estimate of drug-likeness (QED) is 0.694. The van der Waals surface area contributed by atoms with Crippen LogP contribution >= 0.6 is 27.5 Å². The Hall–Kier alpha value is -0.870. The number of pyridine rings is 2. The fourth-order valence-electron chi connectivity index (χ4n) is 1.44. The van der Waals surface area contributed by atoms with Crippen molar-refractivity contribution in [2.45, 2.75) is 6.42 Å². The minimum Gasteiger partial charge on any atom is -0.383 e. The maximum absolute atomic E-state index is 5.63. The molecular weight excluding hydrogens is 289 g/mol. The Balaban J connectivity index is 2.30. The number of halogens is 2. The zero-order valence-electron chi connectivity index (χ0n) is 8.58. The number of hydrogen-bond donors (Lipinski definition) is 1. The molecule has 84 valence electrons. The molecule has 1 N–H and O–H groups in total. The predicted molar refractivity (Wildman–Crippen MR) is 71.1 cm³/mol. The molecule has 0 aromatic carbocycles. The number of fused-ring (bicyclic) bond motifs is 1. The van der Waals surface area contributed by atoms with Crippen molar-refractivity contribution in [3.63, 3.8) is 0 Å². The van der Waals surface area contributed by atoms with Gasteiger partial charge in [-0.1, -0.05) is 0 Å².